The summed E-state index contributed by atoms with van der Waals surface area (Å²) in [6, 6.07) is 13.0. The van der Waals surface area contributed by atoms with Crippen LogP contribution in [-0.4, -0.2) is 37.3 Å². The zero-order valence-corrected chi connectivity index (χ0v) is 17.5. The molecule has 2 N–H and O–H groups in total. The first-order valence-electron chi connectivity index (χ1n) is 8.04. The lowest BCUT2D eigenvalue weighted by atomic mass is 10.2. The number of anilines is 2. The maximum absolute atomic E-state index is 12.3. The van der Waals surface area contributed by atoms with Gasteiger partial charge < -0.3 is 15.0 Å². The first-order valence-corrected chi connectivity index (χ1v) is 9.90. The highest BCUT2D eigenvalue weighted by Gasteiger charge is 2.15. The number of nitrogens with one attached hydrogen (secondary N) is 2. The molecule has 2 aromatic rings. The highest BCUT2D eigenvalue weighted by molar-refractivity contribution is 14.1. The summed E-state index contributed by atoms with van der Waals surface area (Å²) in [4.78, 5) is 14.5. The van der Waals surface area contributed by atoms with Crippen molar-refractivity contribution in [2.24, 2.45) is 0 Å². The molecule has 1 amide bonds. The van der Waals surface area contributed by atoms with Crippen LogP contribution in [0.2, 0.25) is 5.02 Å². The van der Waals surface area contributed by atoms with Crippen LogP contribution in [0.1, 0.15) is 10.4 Å². The Labute approximate surface area is 176 Å². The van der Waals surface area contributed by atoms with Crippen molar-refractivity contribution in [1.82, 2.24) is 5.32 Å². The van der Waals surface area contributed by atoms with Gasteiger partial charge in [-0.3, -0.25) is 10.1 Å². The molecule has 1 fully saturated rings. The van der Waals surface area contributed by atoms with Crippen LogP contribution in [-0.2, 0) is 4.74 Å². The van der Waals surface area contributed by atoms with Gasteiger partial charge in [0.05, 0.1) is 29.5 Å². The molecular weight excluding hydrogens is 485 g/mol. The maximum Gasteiger partial charge on any atom is 0.258 e. The van der Waals surface area contributed by atoms with Crippen molar-refractivity contribution in [2.75, 3.05) is 36.5 Å². The number of ether oxygens (including phenoxy) is 1. The number of hydrogen-bond donors (Lipinski definition) is 2. The first kappa shape index (κ1) is 19.3. The largest absolute Gasteiger partial charge is 0.378 e. The van der Waals surface area contributed by atoms with Crippen LogP contribution in [0.3, 0.4) is 0 Å². The van der Waals surface area contributed by atoms with E-state index in [1.54, 1.807) is 12.1 Å². The number of nitrogens with zero attached hydrogens (tertiary/aromatic N) is 1. The monoisotopic (exact) mass is 501 g/mol. The van der Waals surface area contributed by atoms with Gasteiger partial charge >= 0.3 is 0 Å². The molecule has 0 aromatic heterocycles. The summed E-state index contributed by atoms with van der Waals surface area (Å²) in [5.74, 6) is -0.247. The summed E-state index contributed by atoms with van der Waals surface area (Å²) >= 11 is 13.8. The fourth-order valence-corrected chi connectivity index (χ4v) is 3.77. The minimum absolute atomic E-state index is 0.227. The van der Waals surface area contributed by atoms with Crippen LogP contribution >= 0.6 is 46.4 Å². The molecule has 1 saturated heterocycles. The third-order valence-corrected chi connectivity index (χ3v) is 5.35. The van der Waals surface area contributed by atoms with Gasteiger partial charge in [-0.15, -0.1) is 0 Å². The molecule has 0 aliphatic carbocycles. The number of hydrogen-bond acceptors (Lipinski definition) is 4. The normalized spacial score (nSPS) is 14.0. The predicted octanol–water partition coefficient (Wildman–Crippen LogP) is 3.91. The molecule has 136 valence electrons. The summed E-state index contributed by atoms with van der Waals surface area (Å²) < 4.78 is 6.23. The molecule has 0 bridgehead atoms. The fourth-order valence-electron chi connectivity index (χ4n) is 2.62. The molecule has 0 saturated carbocycles. The van der Waals surface area contributed by atoms with Crippen LogP contribution in [0.15, 0.2) is 42.5 Å². The second-order valence-corrected chi connectivity index (χ2v) is 7.63. The van der Waals surface area contributed by atoms with Gasteiger partial charge in [0, 0.05) is 22.3 Å². The van der Waals surface area contributed by atoms with Crippen molar-refractivity contribution >= 4 is 68.8 Å². The zero-order valence-electron chi connectivity index (χ0n) is 13.8. The molecule has 0 radical (unpaired) electrons. The van der Waals surface area contributed by atoms with E-state index in [9.17, 15) is 4.79 Å². The third kappa shape index (κ3) is 4.85. The average Bonchev–Trinajstić information content (AvgIpc) is 2.62. The molecule has 0 atom stereocenters. The lowest BCUT2D eigenvalue weighted by molar-refractivity contribution is 0.0977. The molecule has 5 nitrogen and oxygen atoms in total. The Hall–Kier alpha value is -1.42. The van der Waals surface area contributed by atoms with Crippen LogP contribution < -0.4 is 15.5 Å². The molecule has 26 heavy (non-hydrogen) atoms. The molecule has 1 aliphatic heterocycles. The fraction of sp³-hybridized carbons (Fsp3) is 0.222. The first-order chi connectivity index (χ1) is 12.5. The van der Waals surface area contributed by atoms with Crippen molar-refractivity contribution in [3.8, 4) is 0 Å². The molecule has 2 aromatic carbocycles. The Morgan fingerprint density at radius 1 is 1.19 bits per heavy atom. The van der Waals surface area contributed by atoms with E-state index in [2.05, 4.69) is 38.1 Å². The van der Waals surface area contributed by atoms with Crippen molar-refractivity contribution in [2.45, 2.75) is 0 Å². The quantitative estimate of drug-likeness (QED) is 0.493. The van der Waals surface area contributed by atoms with Crippen LogP contribution in [0, 0.1) is 3.57 Å². The lowest BCUT2D eigenvalue weighted by Gasteiger charge is -2.29. The van der Waals surface area contributed by atoms with Gasteiger partial charge in [-0.25, -0.2) is 0 Å². The van der Waals surface area contributed by atoms with E-state index in [1.807, 2.05) is 30.3 Å². The summed E-state index contributed by atoms with van der Waals surface area (Å²) in [6.07, 6.45) is 0. The van der Waals surface area contributed by atoms with E-state index in [0.717, 1.165) is 28.0 Å². The molecule has 1 heterocycles. The average molecular weight is 502 g/mol. The number of thiocarbonyl (C=S) groups is 1. The summed E-state index contributed by atoms with van der Waals surface area (Å²) in [5.41, 5.74) is 2.27. The summed E-state index contributed by atoms with van der Waals surface area (Å²) in [7, 11) is 0. The van der Waals surface area contributed by atoms with E-state index in [1.165, 1.54) is 0 Å². The second-order valence-electron chi connectivity index (χ2n) is 5.65. The smallest absolute Gasteiger partial charge is 0.258 e. The van der Waals surface area contributed by atoms with E-state index in [-0.39, 0.29) is 11.0 Å². The number of amides is 1. The van der Waals surface area contributed by atoms with E-state index < -0.39 is 0 Å². The van der Waals surface area contributed by atoms with Crippen molar-refractivity contribution in [3.63, 3.8) is 0 Å². The number of morpholine rings is 1. The number of rotatable bonds is 3. The molecule has 1 aliphatic rings. The predicted molar refractivity (Wildman–Crippen MR) is 117 cm³/mol. The van der Waals surface area contributed by atoms with E-state index in [0.29, 0.717) is 23.8 Å². The Morgan fingerprint density at radius 3 is 2.62 bits per heavy atom. The second kappa shape index (κ2) is 8.98. The Kier molecular flexibility index (Phi) is 6.68. The van der Waals surface area contributed by atoms with E-state index >= 15 is 0 Å². The van der Waals surface area contributed by atoms with Gasteiger partial charge in [0.2, 0.25) is 0 Å². The van der Waals surface area contributed by atoms with Gasteiger partial charge in [0.15, 0.2) is 5.11 Å². The zero-order chi connectivity index (χ0) is 18.5. The topological polar surface area (TPSA) is 53.6 Å². The van der Waals surface area contributed by atoms with Gasteiger partial charge in [-0.2, -0.15) is 0 Å². The minimum Gasteiger partial charge on any atom is -0.378 e. The summed E-state index contributed by atoms with van der Waals surface area (Å²) in [5, 5.41) is 6.55. The van der Waals surface area contributed by atoms with Gasteiger partial charge in [0.25, 0.3) is 5.91 Å². The van der Waals surface area contributed by atoms with E-state index in [4.69, 9.17) is 28.6 Å². The highest BCUT2D eigenvalue weighted by atomic mass is 127. The van der Waals surface area contributed by atoms with Crippen LogP contribution in [0.4, 0.5) is 11.4 Å². The Balaban J connectivity index is 1.63. The minimum atomic E-state index is -0.247. The van der Waals surface area contributed by atoms with Gasteiger partial charge in [0.1, 0.15) is 0 Å². The Morgan fingerprint density at radius 2 is 1.92 bits per heavy atom. The number of halogens is 2. The third-order valence-electron chi connectivity index (χ3n) is 3.90. The number of carbonyl (C=O) groups excluding carboxylic acids is 1. The van der Waals surface area contributed by atoms with Crippen molar-refractivity contribution < 1.29 is 9.53 Å². The summed E-state index contributed by atoms with van der Waals surface area (Å²) in [6.45, 7) is 3.03. The van der Waals surface area contributed by atoms with Crippen LogP contribution in [0.25, 0.3) is 0 Å². The number of carbonyl (C=O) groups is 1. The van der Waals surface area contributed by atoms with Crippen molar-refractivity contribution in [3.05, 3.63) is 56.6 Å². The standard InChI is InChI=1S/C18H17ClIN3O2S/c19-14-11-12(5-6-16(14)23-7-9-25-10-8-23)21-18(26)22-17(24)13-3-1-2-4-15(13)20/h1-6,11H,7-10H2,(H2,21,22,24,26). The molecule has 3 rings (SSSR count). The SMILES string of the molecule is O=C(NC(=S)Nc1ccc(N2CCOCC2)c(Cl)c1)c1ccccc1I. The lowest BCUT2D eigenvalue weighted by Crippen LogP contribution is -2.36. The maximum atomic E-state index is 12.3. The molecule has 8 heteroatoms. The molecule has 0 unspecified atom stereocenters. The molecular formula is C18H17ClIN3O2S. The highest BCUT2D eigenvalue weighted by Crippen LogP contribution is 2.29. The number of benzene rings is 2. The van der Waals surface area contributed by atoms with Gasteiger partial charge in [-0.1, -0.05) is 23.7 Å². The van der Waals surface area contributed by atoms with Gasteiger partial charge in [-0.05, 0) is 65.1 Å². The molecule has 0 spiro atoms. The van der Waals surface area contributed by atoms with Crippen molar-refractivity contribution in [1.29, 1.82) is 0 Å². The van der Waals surface area contributed by atoms with Crippen LogP contribution in [0.5, 0.6) is 0 Å². The Bertz CT molecular complexity index is 828.